The van der Waals surface area contributed by atoms with Crippen molar-refractivity contribution in [2.45, 2.75) is 39.3 Å². The summed E-state index contributed by atoms with van der Waals surface area (Å²) >= 11 is 0. The molecule has 0 aromatic heterocycles. The van der Waals surface area contributed by atoms with Crippen LogP contribution >= 0.6 is 0 Å². The molecule has 0 aliphatic carbocycles. The SMILES string of the molecule is CC(N)/C=[N+](\[O-])C(C)(C)C. The van der Waals surface area contributed by atoms with Crippen LogP contribution in [0.3, 0.4) is 0 Å². The van der Waals surface area contributed by atoms with Crippen LogP contribution in [0, 0.1) is 5.21 Å². The van der Waals surface area contributed by atoms with Crippen molar-refractivity contribution in [1.29, 1.82) is 0 Å². The minimum Gasteiger partial charge on any atom is -0.624 e. The largest absolute Gasteiger partial charge is 0.624 e. The van der Waals surface area contributed by atoms with Gasteiger partial charge < -0.3 is 10.9 Å². The highest BCUT2D eigenvalue weighted by Crippen LogP contribution is 2.03. The number of hydrogen-bond acceptors (Lipinski definition) is 2. The lowest BCUT2D eigenvalue weighted by molar-refractivity contribution is -0.532. The predicted octanol–water partition coefficient (Wildman–Crippen LogP) is 0.713. The second-order valence-corrected chi connectivity index (χ2v) is 3.50. The molecule has 0 amide bonds. The van der Waals surface area contributed by atoms with Gasteiger partial charge in [-0.3, -0.25) is 0 Å². The highest BCUT2D eigenvalue weighted by atomic mass is 16.5. The number of hydrogen-bond donors (Lipinski definition) is 1. The zero-order valence-electron chi connectivity index (χ0n) is 7.09. The molecule has 0 aliphatic rings. The second kappa shape index (κ2) is 3.01. The third kappa shape index (κ3) is 3.45. The molecule has 1 atom stereocenters. The van der Waals surface area contributed by atoms with Crippen LogP contribution in [-0.2, 0) is 0 Å². The summed E-state index contributed by atoms with van der Waals surface area (Å²) in [6.07, 6.45) is 1.47. The Morgan fingerprint density at radius 1 is 1.50 bits per heavy atom. The number of nitrogens with two attached hydrogens (primary N) is 1. The van der Waals surface area contributed by atoms with Crippen LogP contribution in [0.4, 0.5) is 0 Å². The van der Waals surface area contributed by atoms with Gasteiger partial charge in [0.1, 0.15) is 0 Å². The summed E-state index contributed by atoms with van der Waals surface area (Å²) < 4.78 is 0.887. The zero-order valence-corrected chi connectivity index (χ0v) is 7.09. The van der Waals surface area contributed by atoms with E-state index in [4.69, 9.17) is 5.73 Å². The monoisotopic (exact) mass is 144 g/mol. The van der Waals surface area contributed by atoms with E-state index < -0.39 is 0 Å². The van der Waals surface area contributed by atoms with E-state index >= 15 is 0 Å². The Kier molecular flexibility index (Phi) is 2.84. The normalized spacial score (nSPS) is 17.1. The predicted molar refractivity (Wildman–Crippen MR) is 43.1 cm³/mol. The Morgan fingerprint density at radius 3 is 2.00 bits per heavy atom. The highest BCUT2D eigenvalue weighted by Gasteiger charge is 2.17. The van der Waals surface area contributed by atoms with Crippen LogP contribution in [0.25, 0.3) is 0 Å². The first-order valence-electron chi connectivity index (χ1n) is 3.41. The third-order valence-electron chi connectivity index (χ3n) is 1.03. The topological polar surface area (TPSA) is 52.1 Å². The lowest BCUT2D eigenvalue weighted by atomic mass is 10.1. The van der Waals surface area contributed by atoms with E-state index in [0.29, 0.717) is 0 Å². The minimum absolute atomic E-state index is 0.170. The summed E-state index contributed by atoms with van der Waals surface area (Å²) in [6.45, 7) is 7.31. The molecule has 0 heterocycles. The van der Waals surface area contributed by atoms with Crippen LogP contribution in [0.15, 0.2) is 0 Å². The maximum Gasteiger partial charge on any atom is 0.167 e. The molecule has 2 N–H and O–H groups in total. The van der Waals surface area contributed by atoms with Gasteiger partial charge >= 0.3 is 0 Å². The van der Waals surface area contributed by atoms with Crippen molar-refractivity contribution >= 4 is 6.21 Å². The fourth-order valence-corrected chi connectivity index (χ4v) is 0.437. The van der Waals surface area contributed by atoms with Gasteiger partial charge in [0, 0.05) is 20.8 Å². The molecule has 60 valence electrons. The minimum atomic E-state index is -0.367. The van der Waals surface area contributed by atoms with Gasteiger partial charge in [0.2, 0.25) is 0 Å². The molecule has 1 unspecified atom stereocenters. The van der Waals surface area contributed by atoms with E-state index in [0.717, 1.165) is 4.74 Å². The first kappa shape index (κ1) is 9.43. The molecule has 3 nitrogen and oxygen atoms in total. The van der Waals surface area contributed by atoms with Crippen LogP contribution in [0.2, 0.25) is 0 Å². The highest BCUT2D eigenvalue weighted by molar-refractivity contribution is 5.58. The summed E-state index contributed by atoms with van der Waals surface area (Å²) in [7, 11) is 0. The Balaban J connectivity index is 4.20. The molecule has 0 saturated heterocycles. The fraction of sp³-hybridized carbons (Fsp3) is 0.857. The quantitative estimate of drug-likeness (QED) is 0.255. The van der Waals surface area contributed by atoms with Crippen LogP contribution < -0.4 is 5.73 Å². The van der Waals surface area contributed by atoms with Gasteiger partial charge in [0.05, 0.1) is 6.04 Å². The fourth-order valence-electron chi connectivity index (χ4n) is 0.437. The maximum absolute atomic E-state index is 11.1. The van der Waals surface area contributed by atoms with Crippen molar-refractivity contribution in [2.24, 2.45) is 5.73 Å². The van der Waals surface area contributed by atoms with Crippen LogP contribution in [0.1, 0.15) is 27.7 Å². The Hall–Kier alpha value is -0.570. The van der Waals surface area contributed by atoms with Gasteiger partial charge in [-0.2, -0.15) is 0 Å². The first-order valence-corrected chi connectivity index (χ1v) is 3.41. The van der Waals surface area contributed by atoms with E-state index in [1.807, 2.05) is 20.8 Å². The van der Waals surface area contributed by atoms with E-state index in [-0.39, 0.29) is 11.6 Å². The molecule has 0 aromatic carbocycles. The molecule has 0 aromatic rings. The van der Waals surface area contributed by atoms with Crippen molar-refractivity contribution in [3.63, 3.8) is 0 Å². The molecule has 0 spiro atoms. The first-order chi connectivity index (χ1) is 4.34. The molecule has 0 fully saturated rings. The summed E-state index contributed by atoms with van der Waals surface area (Å²) in [5, 5.41) is 11.1. The van der Waals surface area contributed by atoms with E-state index in [9.17, 15) is 5.21 Å². The van der Waals surface area contributed by atoms with Crippen molar-refractivity contribution in [2.75, 3.05) is 0 Å². The standard InChI is InChI=1S/C7H16N2O/c1-6(8)5-9(10)7(2,3)4/h5-6H,8H2,1-4H3/b9-5-. The summed E-state index contributed by atoms with van der Waals surface area (Å²) in [6, 6.07) is -0.170. The Morgan fingerprint density at radius 2 is 1.90 bits per heavy atom. The van der Waals surface area contributed by atoms with Crippen LogP contribution in [-0.4, -0.2) is 22.5 Å². The van der Waals surface area contributed by atoms with Gasteiger partial charge in [-0.25, -0.2) is 4.74 Å². The number of hydroxylamine groups is 1. The van der Waals surface area contributed by atoms with Gasteiger partial charge in [0.15, 0.2) is 11.8 Å². The lowest BCUT2D eigenvalue weighted by Crippen LogP contribution is -2.33. The molecule has 0 aliphatic heterocycles. The zero-order chi connectivity index (χ0) is 8.36. The van der Waals surface area contributed by atoms with Crippen molar-refractivity contribution in [3.8, 4) is 0 Å². The smallest absolute Gasteiger partial charge is 0.167 e. The number of nitrogens with zero attached hydrogens (tertiary/aromatic N) is 1. The molecule has 10 heavy (non-hydrogen) atoms. The number of rotatable bonds is 1. The molecule has 3 heteroatoms. The van der Waals surface area contributed by atoms with Crippen molar-refractivity contribution < 1.29 is 4.74 Å². The second-order valence-electron chi connectivity index (χ2n) is 3.50. The molecular formula is C7H16N2O. The summed E-state index contributed by atoms with van der Waals surface area (Å²) in [4.78, 5) is 0. The average molecular weight is 144 g/mol. The molecular weight excluding hydrogens is 128 g/mol. The van der Waals surface area contributed by atoms with Gasteiger partial charge in [0.25, 0.3) is 0 Å². The summed E-state index contributed by atoms with van der Waals surface area (Å²) in [5.74, 6) is 0. The maximum atomic E-state index is 11.1. The van der Waals surface area contributed by atoms with Crippen LogP contribution in [0.5, 0.6) is 0 Å². The molecule has 0 saturated carbocycles. The van der Waals surface area contributed by atoms with Gasteiger partial charge in [-0.1, -0.05) is 0 Å². The van der Waals surface area contributed by atoms with Crippen molar-refractivity contribution in [3.05, 3.63) is 5.21 Å². The average Bonchev–Trinajstić information content (AvgIpc) is 1.60. The molecule has 0 radical (unpaired) electrons. The van der Waals surface area contributed by atoms with E-state index in [1.165, 1.54) is 6.21 Å². The van der Waals surface area contributed by atoms with Gasteiger partial charge in [-0.05, 0) is 6.92 Å². The Bertz CT molecular complexity index is 133. The molecule has 0 rings (SSSR count). The Labute approximate surface area is 62.1 Å². The van der Waals surface area contributed by atoms with E-state index in [1.54, 1.807) is 6.92 Å². The van der Waals surface area contributed by atoms with Crippen molar-refractivity contribution in [1.82, 2.24) is 0 Å². The van der Waals surface area contributed by atoms with Gasteiger partial charge in [-0.15, -0.1) is 0 Å². The molecule has 0 bridgehead atoms. The van der Waals surface area contributed by atoms with E-state index in [2.05, 4.69) is 0 Å². The third-order valence-corrected chi connectivity index (χ3v) is 1.03. The summed E-state index contributed by atoms with van der Waals surface area (Å²) in [5.41, 5.74) is 5.03. The lowest BCUT2D eigenvalue weighted by Gasteiger charge is -2.19.